The molecular weight excluding hydrogens is 420 g/mol. The second kappa shape index (κ2) is 10.1. The average Bonchev–Trinajstić information content (AvgIpc) is 2.67. The summed E-state index contributed by atoms with van der Waals surface area (Å²) in [5, 5.41) is 0. The standard InChI is InChI=1S/C25H40O4Si2/c1-11-13-19-15-21(25(23(17-19)27-4)29-31(8,9)10)20-14-18(12-2)16-22(26-3)24(20)28-30(5,6)7/h14-17H,11-13H2,1-10H3. The molecule has 31 heavy (non-hydrogen) atoms. The first-order valence-electron chi connectivity index (χ1n) is 11.2. The third-order valence-corrected chi connectivity index (χ3v) is 6.36. The van der Waals surface area contributed by atoms with Crippen LogP contribution >= 0.6 is 0 Å². The van der Waals surface area contributed by atoms with Crippen molar-refractivity contribution in [3.8, 4) is 34.1 Å². The molecular formula is C25H40O4Si2. The van der Waals surface area contributed by atoms with Crippen LogP contribution in [0.3, 0.4) is 0 Å². The Bertz CT molecular complexity index is 896. The Morgan fingerprint density at radius 1 is 0.645 bits per heavy atom. The van der Waals surface area contributed by atoms with E-state index in [1.807, 2.05) is 0 Å². The van der Waals surface area contributed by atoms with E-state index < -0.39 is 16.6 Å². The summed E-state index contributed by atoms with van der Waals surface area (Å²) in [6.07, 6.45) is 2.95. The SMILES string of the molecule is CCCc1cc(OC)c(O[Si](C)(C)C)c(-c2cc(CC)cc(OC)c2O[Si](C)(C)C)c1. The quantitative estimate of drug-likeness (QED) is 0.348. The van der Waals surface area contributed by atoms with Gasteiger partial charge in [-0.05, 0) is 87.5 Å². The fraction of sp³-hybridized carbons (Fsp3) is 0.520. The summed E-state index contributed by atoms with van der Waals surface area (Å²) in [7, 11) is -0.365. The maximum Gasteiger partial charge on any atom is 0.242 e. The van der Waals surface area contributed by atoms with Crippen LogP contribution in [0.4, 0.5) is 0 Å². The zero-order valence-electron chi connectivity index (χ0n) is 21.1. The lowest BCUT2D eigenvalue weighted by Crippen LogP contribution is -2.30. The van der Waals surface area contributed by atoms with Crippen molar-refractivity contribution in [3.63, 3.8) is 0 Å². The number of benzene rings is 2. The molecule has 0 heterocycles. The molecule has 2 aromatic rings. The molecule has 172 valence electrons. The van der Waals surface area contributed by atoms with E-state index in [9.17, 15) is 0 Å². The van der Waals surface area contributed by atoms with E-state index in [-0.39, 0.29) is 0 Å². The third-order valence-electron chi connectivity index (χ3n) is 4.72. The van der Waals surface area contributed by atoms with Gasteiger partial charge in [-0.25, -0.2) is 0 Å². The van der Waals surface area contributed by atoms with Crippen molar-refractivity contribution in [2.75, 3.05) is 14.2 Å². The van der Waals surface area contributed by atoms with E-state index in [1.54, 1.807) is 14.2 Å². The predicted molar refractivity (Wildman–Crippen MR) is 136 cm³/mol. The molecule has 0 fully saturated rings. The zero-order chi connectivity index (χ0) is 23.4. The number of hydrogen-bond donors (Lipinski definition) is 0. The number of ether oxygens (including phenoxy) is 2. The normalized spacial score (nSPS) is 11.9. The highest BCUT2D eigenvalue weighted by molar-refractivity contribution is 6.71. The van der Waals surface area contributed by atoms with E-state index in [0.29, 0.717) is 0 Å². The van der Waals surface area contributed by atoms with Crippen molar-refractivity contribution in [3.05, 3.63) is 35.4 Å². The lowest BCUT2D eigenvalue weighted by atomic mass is 9.96. The smallest absolute Gasteiger partial charge is 0.242 e. The number of hydrogen-bond acceptors (Lipinski definition) is 4. The summed E-state index contributed by atoms with van der Waals surface area (Å²) in [5.74, 6) is 3.16. The Morgan fingerprint density at radius 2 is 1.06 bits per heavy atom. The lowest BCUT2D eigenvalue weighted by molar-refractivity contribution is 0.390. The van der Waals surface area contributed by atoms with Gasteiger partial charge in [0.1, 0.15) is 0 Å². The fourth-order valence-electron chi connectivity index (χ4n) is 3.48. The molecule has 6 heteroatoms. The van der Waals surface area contributed by atoms with Gasteiger partial charge in [0.25, 0.3) is 0 Å². The van der Waals surface area contributed by atoms with Crippen molar-refractivity contribution in [2.24, 2.45) is 0 Å². The molecule has 2 aromatic carbocycles. The topological polar surface area (TPSA) is 36.9 Å². The van der Waals surface area contributed by atoms with E-state index in [2.05, 4.69) is 77.4 Å². The van der Waals surface area contributed by atoms with E-state index >= 15 is 0 Å². The van der Waals surface area contributed by atoms with Gasteiger partial charge < -0.3 is 18.3 Å². The fourth-order valence-corrected chi connectivity index (χ4v) is 5.13. The van der Waals surface area contributed by atoms with Crippen LogP contribution in [-0.2, 0) is 12.8 Å². The summed E-state index contributed by atoms with van der Waals surface area (Å²) < 4.78 is 24.8. The van der Waals surface area contributed by atoms with Gasteiger partial charge in [0.2, 0.25) is 16.6 Å². The van der Waals surface area contributed by atoms with Gasteiger partial charge in [0.05, 0.1) is 14.2 Å². The Balaban J connectivity index is 2.93. The van der Waals surface area contributed by atoms with E-state index in [1.165, 1.54) is 11.1 Å². The van der Waals surface area contributed by atoms with Crippen LogP contribution in [-0.4, -0.2) is 30.9 Å². The first kappa shape index (κ1) is 25.3. The first-order valence-corrected chi connectivity index (χ1v) is 18.0. The van der Waals surface area contributed by atoms with Crippen molar-refractivity contribution in [1.29, 1.82) is 0 Å². The van der Waals surface area contributed by atoms with Gasteiger partial charge in [-0.2, -0.15) is 0 Å². The minimum Gasteiger partial charge on any atom is -0.541 e. The lowest BCUT2D eigenvalue weighted by Gasteiger charge is -2.28. The Labute approximate surface area is 191 Å². The van der Waals surface area contributed by atoms with Crippen LogP contribution in [0.1, 0.15) is 31.4 Å². The molecule has 0 amide bonds. The summed E-state index contributed by atoms with van der Waals surface area (Å²) in [5.41, 5.74) is 4.47. The van der Waals surface area contributed by atoms with Crippen LogP contribution in [0.25, 0.3) is 11.1 Å². The van der Waals surface area contributed by atoms with Crippen LogP contribution < -0.4 is 18.3 Å². The number of aryl methyl sites for hydroxylation is 2. The Morgan fingerprint density at radius 3 is 1.42 bits per heavy atom. The van der Waals surface area contributed by atoms with Crippen molar-refractivity contribution in [2.45, 2.75) is 72.4 Å². The van der Waals surface area contributed by atoms with Crippen molar-refractivity contribution >= 4 is 16.6 Å². The largest absolute Gasteiger partial charge is 0.541 e. The maximum atomic E-state index is 6.60. The Hall–Kier alpha value is -1.93. The van der Waals surface area contributed by atoms with Gasteiger partial charge >= 0.3 is 0 Å². The van der Waals surface area contributed by atoms with E-state index in [4.69, 9.17) is 18.3 Å². The summed E-state index contributed by atoms with van der Waals surface area (Å²) in [4.78, 5) is 0. The minimum atomic E-state index is -1.90. The second-order valence-corrected chi connectivity index (χ2v) is 18.7. The molecule has 0 aromatic heterocycles. The molecule has 0 bridgehead atoms. The molecule has 0 aliphatic rings. The molecule has 2 rings (SSSR count). The number of methoxy groups -OCH3 is 2. The summed E-state index contributed by atoms with van der Waals surface area (Å²) in [6, 6.07) is 8.67. The minimum absolute atomic E-state index is 0.774. The third kappa shape index (κ3) is 6.78. The molecule has 4 nitrogen and oxygen atoms in total. The predicted octanol–water partition coefficient (Wildman–Crippen LogP) is 7.31. The van der Waals surface area contributed by atoms with Crippen LogP contribution in [0.2, 0.25) is 39.3 Å². The molecule has 0 spiro atoms. The van der Waals surface area contributed by atoms with Gasteiger partial charge in [0, 0.05) is 11.1 Å². The highest BCUT2D eigenvalue weighted by Gasteiger charge is 2.28. The molecule has 0 saturated heterocycles. The van der Waals surface area contributed by atoms with Crippen LogP contribution in [0.5, 0.6) is 23.0 Å². The van der Waals surface area contributed by atoms with E-state index in [0.717, 1.165) is 53.4 Å². The van der Waals surface area contributed by atoms with Crippen LogP contribution in [0, 0.1) is 0 Å². The van der Waals surface area contributed by atoms with Crippen LogP contribution in [0.15, 0.2) is 24.3 Å². The van der Waals surface area contributed by atoms with Gasteiger partial charge in [-0.1, -0.05) is 20.3 Å². The molecule has 0 saturated carbocycles. The maximum absolute atomic E-state index is 6.60. The second-order valence-electron chi connectivity index (χ2n) is 9.88. The van der Waals surface area contributed by atoms with Gasteiger partial charge in [-0.3, -0.25) is 0 Å². The average molecular weight is 461 g/mol. The molecule has 0 aliphatic heterocycles. The van der Waals surface area contributed by atoms with Crippen molar-refractivity contribution in [1.82, 2.24) is 0 Å². The highest BCUT2D eigenvalue weighted by Crippen LogP contribution is 2.48. The Kier molecular flexibility index (Phi) is 8.28. The zero-order valence-corrected chi connectivity index (χ0v) is 23.1. The summed E-state index contributed by atoms with van der Waals surface area (Å²) >= 11 is 0. The molecule has 0 radical (unpaired) electrons. The van der Waals surface area contributed by atoms with Crippen molar-refractivity contribution < 1.29 is 18.3 Å². The molecule has 0 atom stereocenters. The molecule has 0 unspecified atom stereocenters. The monoisotopic (exact) mass is 460 g/mol. The highest BCUT2D eigenvalue weighted by atomic mass is 28.4. The summed E-state index contributed by atoms with van der Waals surface area (Å²) in [6.45, 7) is 17.5. The van der Waals surface area contributed by atoms with Gasteiger partial charge in [-0.15, -0.1) is 0 Å². The molecule has 0 N–H and O–H groups in total. The first-order chi connectivity index (χ1) is 14.4. The molecule has 0 aliphatic carbocycles. The van der Waals surface area contributed by atoms with Gasteiger partial charge in [0.15, 0.2) is 23.0 Å². The number of rotatable bonds is 10.